The van der Waals surface area contributed by atoms with Crippen molar-refractivity contribution in [2.75, 3.05) is 18.0 Å². The summed E-state index contributed by atoms with van der Waals surface area (Å²) in [7, 11) is 0. The van der Waals surface area contributed by atoms with Crippen LogP contribution in [0, 0.1) is 0 Å². The maximum absolute atomic E-state index is 10.7. The first kappa shape index (κ1) is 14.4. The highest BCUT2D eigenvalue weighted by molar-refractivity contribution is 5.65. The van der Waals surface area contributed by atoms with E-state index >= 15 is 0 Å². The second-order valence-corrected chi connectivity index (χ2v) is 5.48. The smallest absolute Gasteiger partial charge is 0.404 e. The number of pyridine rings is 1. The molecule has 2 heterocycles. The van der Waals surface area contributed by atoms with Gasteiger partial charge in [-0.05, 0) is 30.5 Å². The summed E-state index contributed by atoms with van der Waals surface area (Å²) in [6, 6.07) is 14.3. The molecule has 0 spiro atoms. The molecular weight excluding hydrogens is 278 g/mol. The minimum absolute atomic E-state index is 0.0531. The summed E-state index contributed by atoms with van der Waals surface area (Å²) >= 11 is 0. The fourth-order valence-corrected chi connectivity index (χ4v) is 2.80. The maximum atomic E-state index is 10.7. The molecule has 22 heavy (non-hydrogen) atoms. The Bertz CT molecular complexity index is 620. The van der Waals surface area contributed by atoms with Gasteiger partial charge < -0.3 is 15.3 Å². The van der Waals surface area contributed by atoms with Crippen LogP contribution >= 0.6 is 0 Å². The topological polar surface area (TPSA) is 65.5 Å². The van der Waals surface area contributed by atoms with Crippen molar-refractivity contribution in [3.05, 3.63) is 48.7 Å². The Morgan fingerprint density at radius 1 is 1.09 bits per heavy atom. The number of piperidine rings is 1. The monoisotopic (exact) mass is 297 g/mol. The normalized spacial score (nSPS) is 15.5. The van der Waals surface area contributed by atoms with Crippen LogP contribution in [0.25, 0.3) is 11.1 Å². The van der Waals surface area contributed by atoms with E-state index < -0.39 is 6.09 Å². The lowest BCUT2D eigenvalue weighted by molar-refractivity contribution is 0.187. The number of nitrogens with zero attached hydrogens (tertiary/aromatic N) is 2. The average Bonchev–Trinajstić information content (AvgIpc) is 2.56. The molecule has 2 aromatic rings. The van der Waals surface area contributed by atoms with Gasteiger partial charge >= 0.3 is 6.09 Å². The molecule has 1 aromatic carbocycles. The lowest BCUT2D eigenvalue weighted by Crippen LogP contribution is -2.44. The second-order valence-electron chi connectivity index (χ2n) is 5.48. The van der Waals surface area contributed by atoms with Crippen LogP contribution in [0.5, 0.6) is 0 Å². The van der Waals surface area contributed by atoms with Crippen molar-refractivity contribution < 1.29 is 9.90 Å². The highest BCUT2D eigenvalue weighted by atomic mass is 16.4. The minimum atomic E-state index is -0.941. The van der Waals surface area contributed by atoms with E-state index in [1.807, 2.05) is 30.5 Å². The number of aromatic nitrogens is 1. The van der Waals surface area contributed by atoms with Crippen LogP contribution in [-0.2, 0) is 0 Å². The Kier molecular flexibility index (Phi) is 4.23. The molecule has 0 radical (unpaired) electrons. The molecule has 0 atom stereocenters. The van der Waals surface area contributed by atoms with Gasteiger partial charge in [-0.3, -0.25) is 0 Å². The molecule has 2 N–H and O–H groups in total. The van der Waals surface area contributed by atoms with Crippen molar-refractivity contribution in [1.29, 1.82) is 0 Å². The first-order valence-electron chi connectivity index (χ1n) is 7.48. The van der Waals surface area contributed by atoms with E-state index in [1.54, 1.807) is 0 Å². The number of rotatable bonds is 3. The molecule has 3 rings (SSSR count). The van der Waals surface area contributed by atoms with Crippen molar-refractivity contribution in [3.8, 4) is 11.1 Å². The Hall–Kier alpha value is -2.56. The van der Waals surface area contributed by atoms with Crippen molar-refractivity contribution in [1.82, 2.24) is 10.3 Å². The predicted molar refractivity (Wildman–Crippen MR) is 86.1 cm³/mol. The molecule has 1 fully saturated rings. The van der Waals surface area contributed by atoms with E-state index in [4.69, 9.17) is 5.11 Å². The molecule has 114 valence electrons. The molecule has 1 amide bonds. The van der Waals surface area contributed by atoms with Crippen LogP contribution in [0.4, 0.5) is 10.6 Å². The zero-order valence-corrected chi connectivity index (χ0v) is 12.3. The number of anilines is 1. The van der Waals surface area contributed by atoms with Crippen molar-refractivity contribution in [3.63, 3.8) is 0 Å². The van der Waals surface area contributed by atoms with Gasteiger partial charge in [-0.2, -0.15) is 0 Å². The summed E-state index contributed by atoms with van der Waals surface area (Å²) < 4.78 is 0. The molecule has 0 aliphatic carbocycles. The van der Waals surface area contributed by atoms with Crippen LogP contribution in [-0.4, -0.2) is 35.3 Å². The summed E-state index contributed by atoms with van der Waals surface area (Å²) in [4.78, 5) is 17.4. The lowest BCUT2D eigenvalue weighted by Gasteiger charge is -2.32. The number of nitrogens with one attached hydrogen (secondary N) is 1. The molecule has 5 nitrogen and oxygen atoms in total. The van der Waals surface area contributed by atoms with Crippen LogP contribution in [0.15, 0.2) is 48.7 Å². The third-order valence-electron chi connectivity index (χ3n) is 4.00. The number of hydrogen-bond acceptors (Lipinski definition) is 3. The van der Waals surface area contributed by atoms with Gasteiger partial charge in [0.15, 0.2) is 0 Å². The standard InChI is InChI=1S/C17H19N3O2/c21-17(22)19-15-8-10-20(11-9-15)16-7-6-14(12-18-16)13-4-2-1-3-5-13/h1-7,12,15,19H,8-11H2,(H,21,22). The Labute approximate surface area is 129 Å². The number of carboxylic acid groups (broad SMARTS) is 1. The van der Waals surface area contributed by atoms with Crippen molar-refractivity contribution in [2.24, 2.45) is 0 Å². The summed E-state index contributed by atoms with van der Waals surface area (Å²) in [5.74, 6) is 0.952. The first-order chi connectivity index (χ1) is 10.7. The quantitative estimate of drug-likeness (QED) is 0.914. The Morgan fingerprint density at radius 2 is 1.82 bits per heavy atom. The van der Waals surface area contributed by atoms with Crippen molar-refractivity contribution in [2.45, 2.75) is 18.9 Å². The van der Waals surface area contributed by atoms with E-state index in [0.29, 0.717) is 0 Å². The Balaban J connectivity index is 1.63. The molecule has 1 saturated heterocycles. The highest BCUT2D eigenvalue weighted by Crippen LogP contribution is 2.22. The molecular formula is C17H19N3O2. The fourth-order valence-electron chi connectivity index (χ4n) is 2.80. The molecule has 0 bridgehead atoms. The van der Waals surface area contributed by atoms with E-state index in [2.05, 4.69) is 33.4 Å². The third kappa shape index (κ3) is 3.36. The molecule has 1 aromatic heterocycles. The molecule has 1 aliphatic heterocycles. The van der Waals surface area contributed by atoms with Gasteiger partial charge in [0.2, 0.25) is 0 Å². The summed E-state index contributed by atoms with van der Waals surface area (Å²) in [6.07, 6.45) is 2.58. The fraction of sp³-hybridized carbons (Fsp3) is 0.294. The number of amides is 1. The van der Waals surface area contributed by atoms with E-state index in [-0.39, 0.29) is 6.04 Å². The molecule has 0 saturated carbocycles. The number of benzene rings is 1. The highest BCUT2D eigenvalue weighted by Gasteiger charge is 2.21. The minimum Gasteiger partial charge on any atom is -0.465 e. The third-order valence-corrected chi connectivity index (χ3v) is 4.00. The van der Waals surface area contributed by atoms with Gasteiger partial charge in [-0.15, -0.1) is 0 Å². The van der Waals surface area contributed by atoms with Crippen LogP contribution in [0.2, 0.25) is 0 Å². The average molecular weight is 297 g/mol. The van der Waals surface area contributed by atoms with Gasteiger partial charge in [-0.25, -0.2) is 9.78 Å². The van der Waals surface area contributed by atoms with E-state index in [1.165, 1.54) is 0 Å². The second kappa shape index (κ2) is 6.47. The SMILES string of the molecule is O=C(O)NC1CCN(c2ccc(-c3ccccc3)cn2)CC1. The summed E-state index contributed by atoms with van der Waals surface area (Å²) in [5, 5.41) is 11.3. The van der Waals surface area contributed by atoms with Gasteiger partial charge in [0.05, 0.1) is 0 Å². The zero-order valence-electron chi connectivity index (χ0n) is 12.3. The van der Waals surface area contributed by atoms with Gasteiger partial charge in [0, 0.05) is 30.9 Å². The largest absolute Gasteiger partial charge is 0.465 e. The number of hydrogen-bond donors (Lipinski definition) is 2. The number of carbonyl (C=O) groups is 1. The van der Waals surface area contributed by atoms with E-state index in [0.717, 1.165) is 42.9 Å². The molecule has 1 aliphatic rings. The first-order valence-corrected chi connectivity index (χ1v) is 7.48. The van der Waals surface area contributed by atoms with Crippen LogP contribution in [0.3, 0.4) is 0 Å². The van der Waals surface area contributed by atoms with E-state index in [9.17, 15) is 4.79 Å². The zero-order chi connectivity index (χ0) is 15.4. The summed E-state index contributed by atoms with van der Waals surface area (Å²) in [6.45, 7) is 1.64. The van der Waals surface area contributed by atoms with Gasteiger partial charge in [0.1, 0.15) is 5.82 Å². The van der Waals surface area contributed by atoms with Gasteiger partial charge in [0.25, 0.3) is 0 Å². The lowest BCUT2D eigenvalue weighted by atomic mass is 10.0. The van der Waals surface area contributed by atoms with Crippen LogP contribution < -0.4 is 10.2 Å². The summed E-state index contributed by atoms with van der Waals surface area (Å²) in [5.41, 5.74) is 2.26. The van der Waals surface area contributed by atoms with Crippen LogP contribution in [0.1, 0.15) is 12.8 Å². The molecule has 0 unspecified atom stereocenters. The molecule has 5 heteroatoms. The maximum Gasteiger partial charge on any atom is 0.404 e. The Morgan fingerprint density at radius 3 is 2.41 bits per heavy atom. The van der Waals surface area contributed by atoms with Crippen molar-refractivity contribution >= 4 is 11.9 Å². The van der Waals surface area contributed by atoms with Gasteiger partial charge in [-0.1, -0.05) is 30.3 Å². The predicted octanol–water partition coefficient (Wildman–Crippen LogP) is 2.99.